The molecule has 7 nitrogen and oxygen atoms in total. The zero-order valence-corrected chi connectivity index (χ0v) is 17.9. The number of thiazole rings is 1. The van der Waals surface area contributed by atoms with Gasteiger partial charge in [-0.3, -0.25) is 14.9 Å². The van der Waals surface area contributed by atoms with Crippen molar-refractivity contribution in [3.63, 3.8) is 0 Å². The maximum atomic E-state index is 12.9. The minimum atomic E-state index is -0.317. The van der Waals surface area contributed by atoms with E-state index in [4.69, 9.17) is 0 Å². The van der Waals surface area contributed by atoms with Gasteiger partial charge in [-0.1, -0.05) is 41.7 Å². The molecule has 1 aromatic carbocycles. The Balaban J connectivity index is 1.67. The van der Waals surface area contributed by atoms with Gasteiger partial charge in [-0.25, -0.2) is 14.6 Å². The van der Waals surface area contributed by atoms with Crippen LogP contribution in [0.1, 0.15) is 52.5 Å². The molecule has 0 aliphatic carbocycles. The highest BCUT2D eigenvalue weighted by Gasteiger charge is 2.20. The van der Waals surface area contributed by atoms with Crippen molar-refractivity contribution in [2.75, 3.05) is 5.32 Å². The Bertz CT molecular complexity index is 1260. The molecule has 8 heteroatoms. The molecule has 0 atom stereocenters. The summed E-state index contributed by atoms with van der Waals surface area (Å²) in [5, 5.41) is 8.37. The lowest BCUT2D eigenvalue weighted by Gasteiger charge is -2.09. The molecule has 4 rings (SSSR count). The number of aryl methyl sites for hydroxylation is 1. The molecule has 4 aromatic rings. The van der Waals surface area contributed by atoms with Crippen molar-refractivity contribution in [2.45, 2.75) is 33.7 Å². The van der Waals surface area contributed by atoms with Gasteiger partial charge in [0.2, 0.25) is 0 Å². The summed E-state index contributed by atoms with van der Waals surface area (Å²) in [6, 6.07) is 11.4. The molecule has 0 aliphatic rings. The molecule has 3 heterocycles. The number of nitrogens with one attached hydrogen (secondary N) is 1. The number of hydrogen-bond donors (Lipinski definition) is 1. The smallest absolute Gasteiger partial charge is 0.259 e. The van der Waals surface area contributed by atoms with Crippen LogP contribution in [0.3, 0.4) is 0 Å². The average Bonchev–Trinajstić information content (AvgIpc) is 3.32. The molecule has 0 spiro atoms. The number of rotatable bonds is 5. The summed E-state index contributed by atoms with van der Waals surface area (Å²) in [7, 11) is 0. The molecular formula is C22H21N5O2S. The second-order valence-corrected chi connectivity index (χ2v) is 8.29. The molecule has 0 aliphatic heterocycles. The quantitative estimate of drug-likeness (QED) is 0.465. The summed E-state index contributed by atoms with van der Waals surface area (Å²) >= 11 is 1.17. The van der Waals surface area contributed by atoms with Gasteiger partial charge >= 0.3 is 0 Å². The molecule has 3 aromatic heterocycles. The fraction of sp³-hybridized carbons (Fsp3) is 0.227. The van der Waals surface area contributed by atoms with E-state index in [1.54, 1.807) is 19.2 Å². The molecule has 1 N–H and O–H groups in total. The van der Waals surface area contributed by atoms with Crippen molar-refractivity contribution in [2.24, 2.45) is 0 Å². The Morgan fingerprint density at radius 2 is 1.87 bits per heavy atom. The molecule has 1 amide bonds. The van der Waals surface area contributed by atoms with Crippen LogP contribution in [0.5, 0.6) is 0 Å². The molecule has 0 unspecified atom stereocenters. The van der Waals surface area contributed by atoms with E-state index in [-0.39, 0.29) is 17.7 Å². The number of nitrogens with zero attached hydrogens (tertiary/aromatic N) is 4. The number of anilines is 1. The van der Waals surface area contributed by atoms with Gasteiger partial charge in [0.1, 0.15) is 0 Å². The Morgan fingerprint density at radius 3 is 2.53 bits per heavy atom. The molecule has 30 heavy (non-hydrogen) atoms. The van der Waals surface area contributed by atoms with Gasteiger partial charge in [-0.15, -0.1) is 0 Å². The number of benzene rings is 1. The van der Waals surface area contributed by atoms with Gasteiger partial charge < -0.3 is 0 Å². The predicted octanol–water partition coefficient (Wildman–Crippen LogP) is 4.90. The number of Topliss-reactive ketones (excluding diaryl/α,β-unsaturated/α-hetero) is 1. The van der Waals surface area contributed by atoms with Gasteiger partial charge in [0.25, 0.3) is 5.91 Å². The molecular weight excluding hydrogens is 398 g/mol. The highest BCUT2D eigenvalue weighted by molar-refractivity contribution is 7.18. The van der Waals surface area contributed by atoms with Crippen LogP contribution in [-0.2, 0) is 0 Å². The molecule has 0 saturated carbocycles. The summed E-state index contributed by atoms with van der Waals surface area (Å²) in [4.78, 5) is 34.7. The third-order valence-electron chi connectivity index (χ3n) is 4.71. The highest BCUT2D eigenvalue weighted by Crippen LogP contribution is 2.32. The van der Waals surface area contributed by atoms with Crippen LogP contribution in [0.15, 0.2) is 42.6 Å². The second kappa shape index (κ2) is 7.79. The lowest BCUT2D eigenvalue weighted by Crippen LogP contribution is -2.14. The van der Waals surface area contributed by atoms with Gasteiger partial charge in [0.05, 0.1) is 28.0 Å². The van der Waals surface area contributed by atoms with Crippen LogP contribution in [-0.4, -0.2) is 31.4 Å². The Labute approximate surface area is 177 Å². The topological polar surface area (TPSA) is 89.8 Å². The van der Waals surface area contributed by atoms with Crippen LogP contribution in [0.25, 0.3) is 22.3 Å². The van der Waals surface area contributed by atoms with Crippen molar-refractivity contribution in [3.05, 3.63) is 58.7 Å². The number of carbonyl (C=O) groups excluding carboxylic acids is 2. The SMILES string of the molecule is CC(=O)c1sc(NC(=O)c2cc3cnn(C(C)C)c3nc2C)nc1-c1ccccc1. The summed E-state index contributed by atoms with van der Waals surface area (Å²) < 4.78 is 1.83. The summed E-state index contributed by atoms with van der Waals surface area (Å²) in [5.41, 5.74) is 3.21. The van der Waals surface area contributed by atoms with Crippen molar-refractivity contribution in [3.8, 4) is 11.3 Å². The molecule has 0 fully saturated rings. The van der Waals surface area contributed by atoms with E-state index >= 15 is 0 Å². The number of carbonyl (C=O) groups is 2. The molecule has 0 saturated heterocycles. The average molecular weight is 420 g/mol. The molecule has 0 radical (unpaired) electrons. The van der Waals surface area contributed by atoms with Crippen molar-refractivity contribution in [1.82, 2.24) is 19.7 Å². The number of aromatic nitrogens is 4. The van der Waals surface area contributed by atoms with E-state index in [2.05, 4.69) is 20.4 Å². The van der Waals surface area contributed by atoms with Crippen LogP contribution in [0, 0.1) is 6.92 Å². The first kappa shape index (κ1) is 19.9. The maximum absolute atomic E-state index is 12.9. The highest BCUT2D eigenvalue weighted by atomic mass is 32.1. The monoisotopic (exact) mass is 419 g/mol. The number of ketones is 1. The lowest BCUT2D eigenvalue weighted by atomic mass is 10.1. The fourth-order valence-corrected chi connectivity index (χ4v) is 4.12. The second-order valence-electron chi connectivity index (χ2n) is 7.29. The maximum Gasteiger partial charge on any atom is 0.259 e. The minimum Gasteiger partial charge on any atom is -0.298 e. The largest absolute Gasteiger partial charge is 0.298 e. The van der Waals surface area contributed by atoms with Crippen LogP contribution in [0.2, 0.25) is 0 Å². The van der Waals surface area contributed by atoms with E-state index in [1.165, 1.54) is 18.3 Å². The number of fused-ring (bicyclic) bond motifs is 1. The zero-order valence-electron chi connectivity index (χ0n) is 17.1. The number of hydrogen-bond acceptors (Lipinski definition) is 6. The number of pyridine rings is 1. The normalized spacial score (nSPS) is 11.2. The zero-order chi connectivity index (χ0) is 21.4. The van der Waals surface area contributed by atoms with Crippen molar-refractivity contribution >= 4 is 39.2 Å². The standard InChI is InChI=1S/C22H21N5O2S/c1-12(2)27-20-16(11-23-27)10-17(13(3)24-20)21(29)26-22-25-18(19(30-22)14(4)28)15-8-6-5-7-9-15/h5-12H,1-4H3,(H,25,26,29). The van der Waals surface area contributed by atoms with E-state index in [9.17, 15) is 9.59 Å². The summed E-state index contributed by atoms with van der Waals surface area (Å²) in [6.07, 6.45) is 1.71. The third-order valence-corrected chi connectivity index (χ3v) is 5.78. The lowest BCUT2D eigenvalue weighted by molar-refractivity contribution is 0.101. The van der Waals surface area contributed by atoms with Gasteiger partial charge in [-0.05, 0) is 26.8 Å². The first-order chi connectivity index (χ1) is 14.3. The third kappa shape index (κ3) is 3.61. The summed E-state index contributed by atoms with van der Waals surface area (Å²) in [5.74, 6) is -0.408. The van der Waals surface area contributed by atoms with Gasteiger partial charge in [0, 0.05) is 23.9 Å². The minimum absolute atomic E-state index is 0.0905. The van der Waals surface area contributed by atoms with Crippen LogP contribution >= 0.6 is 11.3 Å². The molecule has 0 bridgehead atoms. The van der Waals surface area contributed by atoms with Crippen LogP contribution < -0.4 is 5.32 Å². The Morgan fingerprint density at radius 1 is 1.13 bits per heavy atom. The molecule has 152 valence electrons. The first-order valence-corrected chi connectivity index (χ1v) is 10.4. The van der Waals surface area contributed by atoms with Gasteiger partial charge in [0.15, 0.2) is 16.6 Å². The number of amides is 1. The Kier molecular flexibility index (Phi) is 5.17. The van der Waals surface area contributed by atoms with E-state index in [0.29, 0.717) is 27.0 Å². The van der Waals surface area contributed by atoms with Crippen LogP contribution in [0.4, 0.5) is 5.13 Å². The van der Waals surface area contributed by atoms with E-state index < -0.39 is 0 Å². The fourth-order valence-electron chi connectivity index (χ4n) is 3.24. The van der Waals surface area contributed by atoms with Gasteiger partial charge in [-0.2, -0.15) is 5.10 Å². The van der Waals surface area contributed by atoms with Crippen molar-refractivity contribution < 1.29 is 9.59 Å². The Hall–Kier alpha value is -3.39. The van der Waals surface area contributed by atoms with E-state index in [1.807, 2.05) is 48.9 Å². The first-order valence-electron chi connectivity index (χ1n) is 9.58. The summed E-state index contributed by atoms with van der Waals surface area (Å²) in [6.45, 7) is 7.36. The predicted molar refractivity (Wildman–Crippen MR) is 118 cm³/mol. The van der Waals surface area contributed by atoms with E-state index in [0.717, 1.165) is 16.6 Å². The van der Waals surface area contributed by atoms with Crippen molar-refractivity contribution in [1.29, 1.82) is 0 Å².